The van der Waals surface area contributed by atoms with Gasteiger partial charge in [0.1, 0.15) is 17.6 Å². The van der Waals surface area contributed by atoms with E-state index in [1.165, 1.54) is 19.1 Å². The van der Waals surface area contributed by atoms with Gasteiger partial charge in [-0.1, -0.05) is 0 Å². The molecule has 0 aliphatic carbocycles. The Morgan fingerprint density at radius 1 is 1.47 bits per heavy atom. The summed E-state index contributed by atoms with van der Waals surface area (Å²) in [6.07, 6.45) is 0. The lowest BCUT2D eigenvalue weighted by Crippen LogP contribution is -2.14. The van der Waals surface area contributed by atoms with E-state index >= 15 is 0 Å². The summed E-state index contributed by atoms with van der Waals surface area (Å²) in [6, 6.07) is 6.12. The van der Waals surface area contributed by atoms with Crippen LogP contribution in [-0.2, 0) is 4.79 Å². The maximum Gasteiger partial charge on any atom is 0.269 e. The van der Waals surface area contributed by atoms with E-state index in [0.717, 1.165) is 0 Å². The van der Waals surface area contributed by atoms with E-state index in [-0.39, 0.29) is 17.1 Å². The lowest BCUT2D eigenvalue weighted by atomic mass is 10.2. The molecule has 0 atom stereocenters. The zero-order valence-electron chi connectivity index (χ0n) is 9.48. The average Bonchev–Trinajstić information content (AvgIpc) is 2.24. The number of aromatic hydroxyl groups is 1. The molecule has 0 aliphatic rings. The third-order valence-corrected chi connectivity index (χ3v) is 2.16. The van der Waals surface area contributed by atoms with Gasteiger partial charge in [0.15, 0.2) is 5.57 Å². The van der Waals surface area contributed by atoms with Crippen LogP contribution >= 0.6 is 0 Å². The van der Waals surface area contributed by atoms with E-state index in [4.69, 9.17) is 10.4 Å². The van der Waals surface area contributed by atoms with Crippen LogP contribution in [0, 0.1) is 18.3 Å². The van der Waals surface area contributed by atoms with Gasteiger partial charge < -0.3 is 15.5 Å². The first kappa shape index (κ1) is 12.6. The Bertz CT molecular complexity index is 523. The fraction of sp³-hybridized carbons (Fsp3) is 0.167. The van der Waals surface area contributed by atoms with E-state index in [2.05, 4.69) is 5.32 Å². The number of nitrogens with zero attached hydrogens (tertiary/aromatic N) is 1. The number of nitrogens with one attached hydrogen (secondary N) is 1. The molecule has 17 heavy (non-hydrogen) atoms. The lowest BCUT2D eigenvalue weighted by Gasteiger charge is -2.06. The molecule has 1 aromatic rings. The molecular weight excluding hydrogens is 220 g/mol. The van der Waals surface area contributed by atoms with Crippen molar-refractivity contribution in [3.63, 3.8) is 0 Å². The number of carbonyl (C=O) groups is 1. The highest BCUT2D eigenvalue weighted by Crippen LogP contribution is 2.20. The number of hydrogen-bond acceptors (Lipinski definition) is 4. The highest BCUT2D eigenvalue weighted by molar-refractivity contribution is 6.06. The fourth-order valence-corrected chi connectivity index (χ4v) is 1.22. The number of amides is 1. The summed E-state index contributed by atoms with van der Waals surface area (Å²) in [5.41, 5.74) is 0.709. The van der Waals surface area contributed by atoms with Crippen molar-refractivity contribution in [2.24, 2.45) is 0 Å². The minimum absolute atomic E-state index is 0.123. The predicted octanol–water partition coefficient (Wildman–Crippen LogP) is 1.99. The molecule has 0 unspecified atom stereocenters. The maximum atomic E-state index is 11.6. The first-order valence-corrected chi connectivity index (χ1v) is 4.86. The number of anilines is 1. The third kappa shape index (κ3) is 2.98. The number of aliphatic hydroxyl groups excluding tert-OH is 1. The van der Waals surface area contributed by atoms with Gasteiger partial charge in [-0.2, -0.15) is 5.26 Å². The largest absolute Gasteiger partial charge is 0.511 e. The molecule has 88 valence electrons. The van der Waals surface area contributed by atoms with Crippen molar-refractivity contribution in [1.82, 2.24) is 0 Å². The van der Waals surface area contributed by atoms with Gasteiger partial charge >= 0.3 is 0 Å². The molecule has 0 saturated heterocycles. The van der Waals surface area contributed by atoms with Crippen molar-refractivity contribution in [2.45, 2.75) is 13.8 Å². The number of phenolic OH excluding ortho intramolecular Hbond substituents is 1. The number of aliphatic hydroxyl groups is 1. The van der Waals surface area contributed by atoms with Crippen molar-refractivity contribution in [3.8, 4) is 11.8 Å². The molecule has 0 saturated carbocycles. The molecule has 0 bridgehead atoms. The van der Waals surface area contributed by atoms with Crippen LogP contribution in [0.15, 0.2) is 29.5 Å². The highest BCUT2D eigenvalue weighted by atomic mass is 16.3. The van der Waals surface area contributed by atoms with Crippen molar-refractivity contribution in [2.75, 3.05) is 5.32 Å². The standard InChI is InChI=1S/C12H12N2O3/c1-7-5-9(3-4-11(7)16)14-12(17)10(6-13)8(2)15/h3-5,15-16H,1-2H3,(H,14,17)/b10-8-. The Morgan fingerprint density at radius 3 is 2.59 bits per heavy atom. The number of benzene rings is 1. The Morgan fingerprint density at radius 2 is 2.12 bits per heavy atom. The fourth-order valence-electron chi connectivity index (χ4n) is 1.22. The normalized spacial score (nSPS) is 11.4. The second kappa shape index (κ2) is 5.03. The zero-order chi connectivity index (χ0) is 13.0. The van der Waals surface area contributed by atoms with Crippen LogP contribution in [0.4, 0.5) is 5.69 Å². The summed E-state index contributed by atoms with van der Waals surface area (Å²) in [6.45, 7) is 2.95. The molecule has 0 heterocycles. The minimum Gasteiger partial charge on any atom is -0.511 e. The van der Waals surface area contributed by atoms with Gasteiger partial charge in [0.25, 0.3) is 5.91 Å². The number of aryl methyl sites for hydroxylation is 1. The van der Waals surface area contributed by atoms with Crippen LogP contribution in [0.2, 0.25) is 0 Å². The monoisotopic (exact) mass is 232 g/mol. The number of hydrogen-bond donors (Lipinski definition) is 3. The van der Waals surface area contributed by atoms with Crippen molar-refractivity contribution in [3.05, 3.63) is 35.1 Å². The summed E-state index contributed by atoms with van der Waals surface area (Å²) in [5, 5.41) is 29.5. The Kier molecular flexibility index (Phi) is 3.73. The summed E-state index contributed by atoms with van der Waals surface area (Å²) in [7, 11) is 0. The van der Waals surface area contributed by atoms with Gasteiger partial charge in [-0.3, -0.25) is 4.79 Å². The van der Waals surface area contributed by atoms with Crippen LogP contribution in [0.5, 0.6) is 5.75 Å². The molecule has 3 N–H and O–H groups in total. The van der Waals surface area contributed by atoms with Crippen LogP contribution in [0.3, 0.4) is 0 Å². The summed E-state index contributed by atoms with van der Waals surface area (Å²) in [5.74, 6) is -0.893. The van der Waals surface area contributed by atoms with Crippen LogP contribution < -0.4 is 5.32 Å². The van der Waals surface area contributed by atoms with E-state index in [9.17, 15) is 9.90 Å². The first-order valence-electron chi connectivity index (χ1n) is 4.86. The quantitative estimate of drug-likeness (QED) is 0.314. The van der Waals surface area contributed by atoms with Gasteiger partial charge in [-0.05, 0) is 37.6 Å². The average molecular weight is 232 g/mol. The number of allylic oxidation sites excluding steroid dienone is 1. The molecule has 0 aromatic heterocycles. The third-order valence-electron chi connectivity index (χ3n) is 2.16. The summed E-state index contributed by atoms with van der Waals surface area (Å²) >= 11 is 0. The van der Waals surface area contributed by atoms with Crippen LogP contribution in [-0.4, -0.2) is 16.1 Å². The van der Waals surface area contributed by atoms with Crippen LogP contribution in [0.1, 0.15) is 12.5 Å². The topological polar surface area (TPSA) is 93.3 Å². The van der Waals surface area contributed by atoms with Gasteiger partial charge in [0.2, 0.25) is 0 Å². The summed E-state index contributed by atoms with van der Waals surface area (Å²) in [4.78, 5) is 11.6. The van der Waals surface area contributed by atoms with E-state index in [1.807, 2.05) is 0 Å². The van der Waals surface area contributed by atoms with Gasteiger partial charge in [-0.15, -0.1) is 0 Å². The van der Waals surface area contributed by atoms with Gasteiger partial charge in [0, 0.05) is 5.69 Å². The van der Waals surface area contributed by atoms with Gasteiger partial charge in [0.05, 0.1) is 0 Å². The predicted molar refractivity (Wildman–Crippen MR) is 62.4 cm³/mol. The van der Waals surface area contributed by atoms with Crippen molar-refractivity contribution >= 4 is 11.6 Å². The minimum atomic E-state index is -0.683. The summed E-state index contributed by atoms with van der Waals surface area (Å²) < 4.78 is 0. The highest BCUT2D eigenvalue weighted by Gasteiger charge is 2.12. The van der Waals surface area contributed by atoms with E-state index in [0.29, 0.717) is 11.3 Å². The van der Waals surface area contributed by atoms with Crippen LogP contribution in [0.25, 0.3) is 0 Å². The molecule has 0 spiro atoms. The maximum absolute atomic E-state index is 11.6. The molecule has 5 heteroatoms. The molecule has 1 aromatic carbocycles. The Hall–Kier alpha value is -2.48. The smallest absolute Gasteiger partial charge is 0.269 e. The number of rotatable bonds is 2. The Balaban J connectivity index is 2.93. The molecule has 0 aliphatic heterocycles. The SMILES string of the molecule is C/C(O)=C(\C#N)C(=O)Nc1ccc(O)c(C)c1. The van der Waals surface area contributed by atoms with Crippen molar-refractivity contribution in [1.29, 1.82) is 5.26 Å². The van der Waals surface area contributed by atoms with E-state index in [1.54, 1.807) is 19.1 Å². The molecule has 1 rings (SSSR count). The number of phenols is 1. The molecule has 5 nitrogen and oxygen atoms in total. The first-order chi connectivity index (χ1) is 7.95. The second-order valence-corrected chi connectivity index (χ2v) is 3.53. The second-order valence-electron chi connectivity index (χ2n) is 3.53. The zero-order valence-corrected chi connectivity index (χ0v) is 9.48. The van der Waals surface area contributed by atoms with Crippen molar-refractivity contribution < 1.29 is 15.0 Å². The molecule has 0 radical (unpaired) electrons. The number of carbonyl (C=O) groups excluding carboxylic acids is 1. The lowest BCUT2D eigenvalue weighted by molar-refractivity contribution is -0.112. The molecular formula is C12H12N2O3. The molecule has 0 fully saturated rings. The Labute approximate surface area is 98.6 Å². The van der Waals surface area contributed by atoms with Gasteiger partial charge in [-0.25, -0.2) is 0 Å². The number of nitriles is 1. The van der Waals surface area contributed by atoms with E-state index < -0.39 is 5.91 Å². The molecule has 1 amide bonds.